The summed E-state index contributed by atoms with van der Waals surface area (Å²) in [6, 6.07) is 0. The van der Waals surface area contributed by atoms with Crippen molar-refractivity contribution in [3.05, 3.63) is 96.5 Å². The van der Waals surface area contributed by atoms with Crippen molar-refractivity contribution < 1.29 is 24.2 Å². The first-order valence-corrected chi connectivity index (χ1v) is 17.7. The molecule has 50 heavy (non-hydrogen) atoms. The highest BCUT2D eigenvalue weighted by atomic mass is 16.5. The minimum absolute atomic E-state index is 0.120. The summed E-state index contributed by atoms with van der Waals surface area (Å²) >= 11 is 0. The lowest BCUT2D eigenvalue weighted by atomic mass is 9.85. The molecule has 0 amide bonds. The molecular weight excluding hydrogens is 628 g/mol. The average Bonchev–Trinajstić information content (AvgIpc) is 3.81. The molecule has 0 saturated carbocycles. The number of Topliss-reactive ketones (excluding diaryl/α,β-unsaturated/α-hetero) is 1. The van der Waals surface area contributed by atoms with E-state index in [1.165, 1.54) is 5.57 Å². The molecule has 1 fully saturated rings. The number of carboxylic acid groups (broad SMARTS) is 1. The number of hydrogen-bond acceptors (Lipinski definition) is 5. The lowest BCUT2D eigenvalue weighted by molar-refractivity contribution is -0.143. The van der Waals surface area contributed by atoms with Gasteiger partial charge in [0, 0.05) is 74.1 Å². The van der Waals surface area contributed by atoms with Gasteiger partial charge < -0.3 is 30.1 Å². The molecule has 3 aliphatic rings. The number of carbonyl (C=O) groups excluding carboxylic acids is 2. The van der Waals surface area contributed by atoms with Crippen molar-refractivity contribution in [2.45, 2.75) is 80.6 Å². The first-order valence-electron chi connectivity index (χ1n) is 17.7. The van der Waals surface area contributed by atoms with E-state index in [9.17, 15) is 19.5 Å². The summed E-state index contributed by atoms with van der Waals surface area (Å²) in [7, 11) is 0. The van der Waals surface area contributed by atoms with E-state index in [1.54, 1.807) is 0 Å². The largest absolute Gasteiger partial charge is 0.480 e. The number of ketones is 1. The molecule has 5 N–H and O–H groups in total. The van der Waals surface area contributed by atoms with E-state index >= 15 is 0 Å². The minimum atomic E-state index is -1.37. The van der Waals surface area contributed by atoms with Gasteiger partial charge in [0.2, 0.25) is 0 Å². The van der Waals surface area contributed by atoms with Crippen LogP contribution in [0.3, 0.4) is 0 Å². The Bertz CT molecular complexity index is 2150. The molecule has 6 rings (SSSR count). The molecule has 0 unspecified atom stereocenters. The standard InChI is InChI=1S/C41H48N4O5/c1-9-12-20(4)15-16-50-34(46)14-13-27-23(7)30-17-28-21(5)25(10-2)32(42-28)18-29-22(6)26(11-3)33(43-29)19-31-24(8)35-39(45-31)36(38(27)44-30)37(40(35)47)41(48)49/h10,15,17-19,23,27,37,42-45H,2,9,11-14,16H2,1,3-8H3,(H,48,49)/b20-15+,29-18-,30-17-,33-19-,38-36-/t23-,27-,37+/m0/s1. The molecule has 0 aromatic carbocycles. The lowest BCUT2D eigenvalue weighted by Crippen LogP contribution is -2.24. The second-order valence-electron chi connectivity index (χ2n) is 13.9. The SMILES string of the molecule is C=Cc1c2[nH]c(c1C)/C=C1\N/C(=C3\c4[nH]c(c(C)c4C(=O)[C@@H]3C(=O)O)/C=c3\[nH]/c(c(C)c3CC)=C\2)[C@@H](CCC(=O)OC/C=C(\C)CCC)[C@@H]1C. The number of nitrogens with one attached hydrogen (secondary N) is 4. The Hall–Kier alpha value is -5.05. The van der Waals surface area contributed by atoms with Gasteiger partial charge in [-0.1, -0.05) is 45.4 Å². The molecule has 0 spiro atoms. The second-order valence-corrected chi connectivity index (χ2v) is 13.9. The van der Waals surface area contributed by atoms with Crippen LogP contribution in [0.1, 0.15) is 114 Å². The molecule has 3 aromatic rings. The number of aromatic nitrogens is 3. The number of carboxylic acids is 1. The van der Waals surface area contributed by atoms with Gasteiger partial charge in [-0.15, -0.1) is 0 Å². The zero-order chi connectivity index (χ0) is 36.0. The van der Waals surface area contributed by atoms with Gasteiger partial charge in [-0.25, -0.2) is 0 Å². The summed E-state index contributed by atoms with van der Waals surface area (Å²) < 4.78 is 5.57. The molecule has 8 bridgehead atoms. The molecule has 9 heteroatoms. The highest BCUT2D eigenvalue weighted by molar-refractivity contribution is 6.24. The Morgan fingerprint density at radius 1 is 0.960 bits per heavy atom. The number of carbonyl (C=O) groups is 3. The summed E-state index contributed by atoms with van der Waals surface area (Å²) in [6.07, 6.45) is 13.4. The Balaban J connectivity index is 1.55. The summed E-state index contributed by atoms with van der Waals surface area (Å²) in [5.41, 5.74) is 11.7. The van der Waals surface area contributed by atoms with Crippen molar-refractivity contribution in [1.29, 1.82) is 0 Å². The number of ether oxygens (including phenoxy) is 1. The third kappa shape index (κ3) is 5.92. The molecule has 1 aliphatic carbocycles. The first-order chi connectivity index (χ1) is 23.9. The number of H-pyrrole nitrogens is 3. The van der Waals surface area contributed by atoms with Crippen LogP contribution in [0.4, 0.5) is 0 Å². The van der Waals surface area contributed by atoms with Crippen LogP contribution in [0, 0.1) is 38.5 Å². The zero-order valence-corrected chi connectivity index (χ0v) is 30.1. The van der Waals surface area contributed by atoms with Crippen molar-refractivity contribution in [2.75, 3.05) is 6.61 Å². The smallest absolute Gasteiger partial charge is 0.319 e. The van der Waals surface area contributed by atoms with Crippen LogP contribution in [-0.2, 0) is 20.7 Å². The van der Waals surface area contributed by atoms with Crippen LogP contribution < -0.4 is 16.0 Å². The van der Waals surface area contributed by atoms with E-state index < -0.39 is 17.7 Å². The van der Waals surface area contributed by atoms with E-state index in [2.05, 4.69) is 73.6 Å². The molecule has 2 aliphatic heterocycles. The van der Waals surface area contributed by atoms with Gasteiger partial charge in [0.05, 0.1) is 5.69 Å². The quantitative estimate of drug-likeness (QED) is 0.0964. The Morgan fingerprint density at radius 3 is 2.36 bits per heavy atom. The van der Waals surface area contributed by atoms with Crippen LogP contribution in [0.25, 0.3) is 29.9 Å². The van der Waals surface area contributed by atoms with E-state index in [4.69, 9.17) is 4.74 Å². The maximum atomic E-state index is 14.0. The van der Waals surface area contributed by atoms with Crippen LogP contribution in [0.15, 0.2) is 29.6 Å². The number of aromatic amines is 3. The topological polar surface area (TPSA) is 140 Å². The van der Waals surface area contributed by atoms with Gasteiger partial charge >= 0.3 is 11.9 Å². The van der Waals surface area contributed by atoms with Gasteiger partial charge in [-0.05, 0) is 93.5 Å². The average molecular weight is 677 g/mol. The fourth-order valence-corrected chi connectivity index (χ4v) is 8.01. The second kappa shape index (κ2) is 13.7. The fourth-order valence-electron chi connectivity index (χ4n) is 8.01. The van der Waals surface area contributed by atoms with Gasteiger partial charge in [0.15, 0.2) is 5.78 Å². The molecule has 9 nitrogen and oxygen atoms in total. The zero-order valence-electron chi connectivity index (χ0n) is 30.1. The monoisotopic (exact) mass is 676 g/mol. The number of allylic oxidation sites excluding steroid dienone is 3. The number of esters is 1. The Morgan fingerprint density at radius 2 is 1.68 bits per heavy atom. The maximum Gasteiger partial charge on any atom is 0.319 e. The van der Waals surface area contributed by atoms with Crippen LogP contribution in [0.2, 0.25) is 0 Å². The summed E-state index contributed by atoms with van der Waals surface area (Å²) in [6.45, 7) is 18.7. The molecule has 3 aromatic heterocycles. The predicted molar refractivity (Wildman–Crippen MR) is 197 cm³/mol. The van der Waals surface area contributed by atoms with E-state index in [-0.39, 0.29) is 30.8 Å². The van der Waals surface area contributed by atoms with Gasteiger partial charge in [0.25, 0.3) is 0 Å². The Labute approximate surface area is 293 Å². The molecule has 5 heterocycles. The third-order valence-corrected chi connectivity index (χ3v) is 10.9. The molecule has 262 valence electrons. The van der Waals surface area contributed by atoms with Crippen LogP contribution >= 0.6 is 0 Å². The molecular formula is C41H48N4O5. The summed E-state index contributed by atoms with van der Waals surface area (Å²) in [5.74, 6) is -3.71. The number of hydrogen-bond donors (Lipinski definition) is 5. The van der Waals surface area contributed by atoms with Crippen LogP contribution in [0.5, 0.6) is 0 Å². The summed E-state index contributed by atoms with van der Waals surface area (Å²) in [4.78, 5) is 50.6. The highest BCUT2D eigenvalue weighted by Crippen LogP contribution is 2.48. The minimum Gasteiger partial charge on any atom is -0.480 e. The number of aliphatic carboxylic acids is 1. The van der Waals surface area contributed by atoms with E-state index in [1.807, 2.05) is 32.1 Å². The van der Waals surface area contributed by atoms with E-state index in [0.717, 1.165) is 75.0 Å². The highest BCUT2D eigenvalue weighted by Gasteiger charge is 2.48. The number of fused-ring (bicyclic) bond motifs is 7. The van der Waals surface area contributed by atoms with Crippen molar-refractivity contribution in [2.24, 2.45) is 17.8 Å². The van der Waals surface area contributed by atoms with Gasteiger partial charge in [-0.3, -0.25) is 14.4 Å². The molecule has 0 radical (unpaired) electrons. The van der Waals surface area contributed by atoms with Crippen molar-refractivity contribution in [3.63, 3.8) is 0 Å². The Kier molecular flexibility index (Phi) is 9.53. The molecule has 1 saturated heterocycles. The summed E-state index contributed by atoms with van der Waals surface area (Å²) in [5, 5.41) is 16.0. The van der Waals surface area contributed by atoms with Gasteiger partial charge in [0.1, 0.15) is 12.5 Å². The van der Waals surface area contributed by atoms with Crippen molar-refractivity contribution in [3.8, 4) is 0 Å². The third-order valence-electron chi connectivity index (χ3n) is 10.9. The molecule has 3 atom stereocenters. The van der Waals surface area contributed by atoms with Gasteiger partial charge in [-0.2, -0.15) is 0 Å². The van der Waals surface area contributed by atoms with Crippen molar-refractivity contribution >= 4 is 47.6 Å². The first kappa shape index (κ1) is 34.8. The normalized spacial score (nSPS) is 23.4. The predicted octanol–water partition coefficient (Wildman–Crippen LogP) is 6.35. The lowest BCUT2D eigenvalue weighted by Gasteiger charge is -2.19. The van der Waals surface area contributed by atoms with Crippen LogP contribution in [-0.4, -0.2) is 44.4 Å². The maximum absolute atomic E-state index is 14.0. The number of rotatable bonds is 10. The fraction of sp³-hybridized carbons (Fsp3) is 0.390. The van der Waals surface area contributed by atoms with Crippen molar-refractivity contribution in [1.82, 2.24) is 20.3 Å². The van der Waals surface area contributed by atoms with E-state index in [0.29, 0.717) is 34.5 Å².